The third-order valence-corrected chi connectivity index (χ3v) is 3.82. The number of amides is 3. The van der Waals surface area contributed by atoms with E-state index < -0.39 is 0 Å². The molecule has 0 aromatic heterocycles. The Hall–Kier alpha value is -2.24. The topological polar surface area (TPSA) is 79.5 Å². The van der Waals surface area contributed by atoms with Crippen LogP contribution in [-0.2, 0) is 11.3 Å². The minimum absolute atomic E-state index is 0.0338. The van der Waals surface area contributed by atoms with Crippen LogP contribution in [0, 0.1) is 0 Å². The predicted molar refractivity (Wildman–Crippen MR) is 78.2 cm³/mol. The van der Waals surface area contributed by atoms with Gasteiger partial charge in [-0.3, -0.25) is 4.79 Å². The van der Waals surface area contributed by atoms with E-state index in [4.69, 9.17) is 4.74 Å². The summed E-state index contributed by atoms with van der Waals surface area (Å²) >= 11 is 0. The number of ether oxygens (including phenoxy) is 1. The van der Waals surface area contributed by atoms with Crippen LogP contribution in [0.3, 0.4) is 0 Å². The minimum Gasteiger partial charge on any atom is -0.482 e. The van der Waals surface area contributed by atoms with Gasteiger partial charge in [-0.2, -0.15) is 0 Å². The van der Waals surface area contributed by atoms with E-state index in [0.29, 0.717) is 24.0 Å². The molecule has 2 aliphatic rings. The van der Waals surface area contributed by atoms with Gasteiger partial charge < -0.3 is 20.7 Å². The Morgan fingerprint density at radius 2 is 2.14 bits per heavy atom. The smallest absolute Gasteiger partial charge is 0.315 e. The van der Waals surface area contributed by atoms with Crippen molar-refractivity contribution in [2.24, 2.45) is 0 Å². The Balaban J connectivity index is 1.53. The van der Waals surface area contributed by atoms with Gasteiger partial charge in [-0.1, -0.05) is 18.9 Å². The molecule has 1 aromatic carbocycles. The van der Waals surface area contributed by atoms with Crippen LogP contribution in [0.4, 0.5) is 10.5 Å². The molecular weight excluding hydrogens is 270 g/mol. The van der Waals surface area contributed by atoms with Crippen molar-refractivity contribution < 1.29 is 14.3 Å². The number of hydrogen-bond donors (Lipinski definition) is 3. The van der Waals surface area contributed by atoms with Crippen LogP contribution in [0.2, 0.25) is 0 Å². The maximum absolute atomic E-state index is 11.8. The molecule has 1 fully saturated rings. The molecule has 0 atom stereocenters. The van der Waals surface area contributed by atoms with E-state index in [0.717, 1.165) is 18.4 Å². The summed E-state index contributed by atoms with van der Waals surface area (Å²) in [4.78, 5) is 23.0. The van der Waals surface area contributed by atoms with Crippen molar-refractivity contribution in [2.45, 2.75) is 38.3 Å². The van der Waals surface area contributed by atoms with Gasteiger partial charge in [0.05, 0.1) is 5.69 Å². The van der Waals surface area contributed by atoms with E-state index in [1.165, 1.54) is 12.8 Å². The fourth-order valence-corrected chi connectivity index (χ4v) is 2.72. The average molecular weight is 289 g/mol. The van der Waals surface area contributed by atoms with Crippen molar-refractivity contribution in [1.29, 1.82) is 0 Å². The normalized spacial score (nSPS) is 17.6. The molecule has 0 bridgehead atoms. The van der Waals surface area contributed by atoms with Crippen molar-refractivity contribution in [2.75, 3.05) is 11.9 Å². The van der Waals surface area contributed by atoms with Crippen LogP contribution >= 0.6 is 0 Å². The van der Waals surface area contributed by atoms with Gasteiger partial charge in [-0.15, -0.1) is 0 Å². The molecule has 3 rings (SSSR count). The molecular formula is C15H19N3O3. The van der Waals surface area contributed by atoms with Crippen LogP contribution in [0.15, 0.2) is 18.2 Å². The first-order chi connectivity index (χ1) is 10.2. The molecule has 0 saturated heterocycles. The summed E-state index contributed by atoms with van der Waals surface area (Å²) in [5, 5.41) is 8.56. The first kappa shape index (κ1) is 13.7. The SMILES string of the molecule is O=C1COc2cc(CNC(=O)NC3CCCC3)ccc2N1. The van der Waals surface area contributed by atoms with Crippen LogP contribution in [0.25, 0.3) is 0 Å². The van der Waals surface area contributed by atoms with Crippen LogP contribution in [0.5, 0.6) is 5.75 Å². The fraction of sp³-hybridized carbons (Fsp3) is 0.467. The Labute approximate surface area is 123 Å². The second-order valence-electron chi connectivity index (χ2n) is 5.48. The van der Waals surface area contributed by atoms with Gasteiger partial charge in [-0.05, 0) is 30.5 Å². The standard InChI is InChI=1S/C15H19N3O3/c19-14-9-21-13-7-10(5-6-12(13)18-14)8-16-15(20)17-11-3-1-2-4-11/h5-7,11H,1-4,8-9H2,(H,18,19)(H2,16,17,20). The number of benzene rings is 1. The zero-order chi connectivity index (χ0) is 14.7. The monoisotopic (exact) mass is 289 g/mol. The number of carbonyl (C=O) groups excluding carboxylic acids is 2. The number of carbonyl (C=O) groups is 2. The largest absolute Gasteiger partial charge is 0.482 e. The fourth-order valence-electron chi connectivity index (χ4n) is 2.72. The van der Waals surface area contributed by atoms with Gasteiger partial charge in [0.2, 0.25) is 0 Å². The molecule has 6 nitrogen and oxygen atoms in total. The average Bonchev–Trinajstić information content (AvgIpc) is 2.98. The molecule has 112 valence electrons. The highest BCUT2D eigenvalue weighted by atomic mass is 16.5. The van der Waals surface area contributed by atoms with Crippen molar-refractivity contribution >= 4 is 17.6 Å². The Morgan fingerprint density at radius 1 is 1.33 bits per heavy atom. The maximum atomic E-state index is 11.8. The summed E-state index contributed by atoms with van der Waals surface area (Å²) in [7, 11) is 0. The number of nitrogens with one attached hydrogen (secondary N) is 3. The van der Waals surface area contributed by atoms with Crippen molar-refractivity contribution in [1.82, 2.24) is 10.6 Å². The van der Waals surface area contributed by atoms with Gasteiger partial charge in [-0.25, -0.2) is 4.79 Å². The lowest BCUT2D eigenvalue weighted by Gasteiger charge is -2.19. The molecule has 0 spiro atoms. The summed E-state index contributed by atoms with van der Waals surface area (Å²) in [5.74, 6) is 0.495. The van der Waals surface area contributed by atoms with Crippen molar-refractivity contribution in [3.05, 3.63) is 23.8 Å². The zero-order valence-corrected chi connectivity index (χ0v) is 11.8. The first-order valence-corrected chi connectivity index (χ1v) is 7.30. The molecule has 6 heteroatoms. The van der Waals surface area contributed by atoms with Gasteiger partial charge in [0.1, 0.15) is 5.75 Å². The van der Waals surface area contributed by atoms with E-state index in [-0.39, 0.29) is 18.5 Å². The van der Waals surface area contributed by atoms with E-state index in [1.54, 1.807) is 6.07 Å². The van der Waals surface area contributed by atoms with Gasteiger partial charge >= 0.3 is 6.03 Å². The highest BCUT2D eigenvalue weighted by Crippen LogP contribution is 2.28. The lowest BCUT2D eigenvalue weighted by molar-refractivity contribution is -0.118. The maximum Gasteiger partial charge on any atom is 0.315 e. The quantitative estimate of drug-likeness (QED) is 0.793. The zero-order valence-electron chi connectivity index (χ0n) is 11.8. The Morgan fingerprint density at radius 3 is 2.95 bits per heavy atom. The lowest BCUT2D eigenvalue weighted by atomic mass is 10.1. The second-order valence-corrected chi connectivity index (χ2v) is 5.48. The summed E-state index contributed by atoms with van der Waals surface area (Å²) < 4.78 is 5.35. The van der Waals surface area contributed by atoms with Crippen LogP contribution < -0.4 is 20.7 Å². The summed E-state index contributed by atoms with van der Waals surface area (Å²) in [6, 6.07) is 5.67. The van der Waals surface area contributed by atoms with E-state index >= 15 is 0 Å². The molecule has 3 amide bonds. The van der Waals surface area contributed by atoms with Gasteiger partial charge in [0.15, 0.2) is 6.61 Å². The lowest BCUT2D eigenvalue weighted by Crippen LogP contribution is -2.40. The van der Waals surface area contributed by atoms with E-state index in [1.807, 2.05) is 12.1 Å². The summed E-state index contributed by atoms with van der Waals surface area (Å²) in [6.07, 6.45) is 4.53. The van der Waals surface area contributed by atoms with Gasteiger partial charge in [0.25, 0.3) is 5.91 Å². The third-order valence-electron chi connectivity index (χ3n) is 3.82. The van der Waals surface area contributed by atoms with Gasteiger partial charge in [0, 0.05) is 12.6 Å². The molecule has 3 N–H and O–H groups in total. The molecule has 1 heterocycles. The van der Waals surface area contributed by atoms with E-state index in [9.17, 15) is 9.59 Å². The Bertz CT molecular complexity index is 553. The van der Waals surface area contributed by atoms with Crippen molar-refractivity contribution in [3.8, 4) is 5.75 Å². The molecule has 0 radical (unpaired) electrons. The minimum atomic E-state index is -0.149. The predicted octanol–water partition coefficient (Wildman–Crippen LogP) is 1.76. The number of anilines is 1. The molecule has 1 aromatic rings. The number of rotatable bonds is 3. The number of hydrogen-bond acceptors (Lipinski definition) is 3. The van der Waals surface area contributed by atoms with Crippen LogP contribution in [-0.4, -0.2) is 24.6 Å². The second kappa shape index (κ2) is 6.03. The van der Waals surface area contributed by atoms with Crippen molar-refractivity contribution in [3.63, 3.8) is 0 Å². The molecule has 1 aliphatic carbocycles. The molecule has 0 unspecified atom stereocenters. The molecule has 1 aliphatic heterocycles. The number of urea groups is 1. The van der Waals surface area contributed by atoms with E-state index in [2.05, 4.69) is 16.0 Å². The third kappa shape index (κ3) is 3.45. The number of fused-ring (bicyclic) bond motifs is 1. The summed E-state index contributed by atoms with van der Waals surface area (Å²) in [5.41, 5.74) is 1.61. The molecule has 1 saturated carbocycles. The highest BCUT2D eigenvalue weighted by molar-refractivity contribution is 5.95. The summed E-state index contributed by atoms with van der Waals surface area (Å²) in [6.45, 7) is 0.467. The molecule has 21 heavy (non-hydrogen) atoms. The first-order valence-electron chi connectivity index (χ1n) is 7.30. The highest BCUT2D eigenvalue weighted by Gasteiger charge is 2.18. The Kier molecular flexibility index (Phi) is 3.94. The van der Waals surface area contributed by atoms with Crippen LogP contribution in [0.1, 0.15) is 31.2 Å².